The third-order valence-corrected chi connectivity index (χ3v) is 2.12. The molecule has 2 aromatic rings. The van der Waals surface area contributed by atoms with Crippen molar-refractivity contribution in [2.45, 2.75) is 0 Å². The topological polar surface area (TPSA) is 42.3 Å². The van der Waals surface area contributed by atoms with Gasteiger partial charge in [0.25, 0.3) is 0 Å². The fourth-order valence-corrected chi connectivity index (χ4v) is 1.41. The van der Waals surface area contributed by atoms with Gasteiger partial charge in [0.2, 0.25) is 0 Å². The quantitative estimate of drug-likeness (QED) is 0.651. The Bertz CT molecular complexity index is 470. The van der Waals surface area contributed by atoms with Crippen LogP contribution in [0.5, 0.6) is 0 Å². The van der Waals surface area contributed by atoms with E-state index in [1.807, 2.05) is 0 Å². The van der Waals surface area contributed by atoms with E-state index in [0.717, 1.165) is 5.39 Å². The molecule has 0 atom stereocenters. The Balaban J connectivity index is 2.92. The number of fused-ring (bicyclic) bond motifs is 1. The van der Waals surface area contributed by atoms with Crippen molar-refractivity contribution in [2.24, 2.45) is 5.18 Å². The molecule has 2 rings (SSSR count). The van der Waals surface area contributed by atoms with E-state index in [0.29, 0.717) is 16.2 Å². The molecule has 0 fully saturated rings. The standard InChI is InChI=1S/C9H5ClN2O/c10-7-3-4-8(12-13)9-6(7)2-1-5-11-9/h1-5H. The SMILES string of the molecule is O=Nc1ccc(Cl)c2cccnc12. The molecule has 0 saturated heterocycles. The maximum Gasteiger partial charge on any atom is 0.134 e. The van der Waals surface area contributed by atoms with E-state index in [1.165, 1.54) is 0 Å². The summed E-state index contributed by atoms with van der Waals surface area (Å²) in [6, 6.07) is 6.77. The molecule has 0 N–H and O–H groups in total. The average Bonchev–Trinajstić information content (AvgIpc) is 2.19. The van der Waals surface area contributed by atoms with Gasteiger partial charge in [0, 0.05) is 11.6 Å². The highest BCUT2D eigenvalue weighted by molar-refractivity contribution is 6.35. The molecule has 13 heavy (non-hydrogen) atoms. The van der Waals surface area contributed by atoms with Gasteiger partial charge in [-0.05, 0) is 29.4 Å². The van der Waals surface area contributed by atoms with Crippen molar-refractivity contribution in [2.75, 3.05) is 0 Å². The Morgan fingerprint density at radius 3 is 2.92 bits per heavy atom. The molecule has 0 bridgehead atoms. The zero-order valence-electron chi connectivity index (χ0n) is 6.57. The monoisotopic (exact) mass is 192 g/mol. The van der Waals surface area contributed by atoms with E-state index in [-0.39, 0.29) is 0 Å². The molecule has 1 heterocycles. The van der Waals surface area contributed by atoms with Crippen LogP contribution >= 0.6 is 11.6 Å². The van der Waals surface area contributed by atoms with Crippen LogP contribution in [-0.2, 0) is 0 Å². The van der Waals surface area contributed by atoms with Crippen LogP contribution in [0.1, 0.15) is 0 Å². The van der Waals surface area contributed by atoms with E-state index in [1.54, 1.807) is 30.5 Å². The third-order valence-electron chi connectivity index (χ3n) is 1.79. The molecule has 1 aromatic heterocycles. The first-order valence-corrected chi connectivity index (χ1v) is 4.07. The number of hydrogen-bond acceptors (Lipinski definition) is 3. The minimum Gasteiger partial charge on any atom is -0.254 e. The van der Waals surface area contributed by atoms with E-state index in [2.05, 4.69) is 10.2 Å². The Hall–Kier alpha value is -1.48. The lowest BCUT2D eigenvalue weighted by Crippen LogP contribution is -1.78. The molecule has 1 aromatic carbocycles. The van der Waals surface area contributed by atoms with Crippen molar-refractivity contribution >= 4 is 28.2 Å². The molecular formula is C9H5ClN2O. The van der Waals surface area contributed by atoms with Crippen molar-refractivity contribution in [3.8, 4) is 0 Å². The van der Waals surface area contributed by atoms with Crippen LogP contribution in [0.3, 0.4) is 0 Å². The highest BCUT2D eigenvalue weighted by Gasteiger charge is 2.04. The van der Waals surface area contributed by atoms with Crippen molar-refractivity contribution < 1.29 is 0 Å². The van der Waals surface area contributed by atoms with Gasteiger partial charge in [0.15, 0.2) is 0 Å². The predicted molar refractivity (Wildman–Crippen MR) is 52.2 cm³/mol. The van der Waals surface area contributed by atoms with Gasteiger partial charge in [0.05, 0.1) is 5.02 Å². The Morgan fingerprint density at radius 1 is 1.31 bits per heavy atom. The van der Waals surface area contributed by atoms with Crippen LogP contribution in [0.15, 0.2) is 35.6 Å². The van der Waals surface area contributed by atoms with Crippen LogP contribution in [0.4, 0.5) is 5.69 Å². The van der Waals surface area contributed by atoms with Gasteiger partial charge >= 0.3 is 0 Å². The van der Waals surface area contributed by atoms with Gasteiger partial charge in [-0.25, -0.2) is 0 Å². The summed E-state index contributed by atoms with van der Waals surface area (Å²) in [6.07, 6.45) is 1.60. The van der Waals surface area contributed by atoms with E-state index in [4.69, 9.17) is 11.6 Å². The lowest BCUT2D eigenvalue weighted by molar-refractivity contribution is 1.39. The minimum absolute atomic E-state index is 0.319. The second-order valence-corrected chi connectivity index (χ2v) is 2.96. The number of halogens is 1. The summed E-state index contributed by atoms with van der Waals surface area (Å²) in [5.74, 6) is 0. The zero-order chi connectivity index (χ0) is 9.26. The number of hydrogen-bond donors (Lipinski definition) is 0. The first-order chi connectivity index (χ1) is 6.33. The summed E-state index contributed by atoms with van der Waals surface area (Å²) in [4.78, 5) is 14.4. The van der Waals surface area contributed by atoms with E-state index in [9.17, 15) is 4.91 Å². The second-order valence-electron chi connectivity index (χ2n) is 2.56. The summed E-state index contributed by atoms with van der Waals surface area (Å²) in [7, 11) is 0. The molecule has 0 amide bonds. The lowest BCUT2D eigenvalue weighted by Gasteiger charge is -1.99. The van der Waals surface area contributed by atoms with Crippen molar-refractivity contribution in [3.63, 3.8) is 0 Å². The van der Waals surface area contributed by atoms with Gasteiger partial charge < -0.3 is 0 Å². The van der Waals surface area contributed by atoms with Crippen LogP contribution in [0.2, 0.25) is 5.02 Å². The molecule has 0 aliphatic heterocycles. The summed E-state index contributed by atoms with van der Waals surface area (Å²) in [5.41, 5.74) is 0.866. The van der Waals surface area contributed by atoms with Crippen molar-refractivity contribution in [1.29, 1.82) is 0 Å². The first kappa shape index (κ1) is 8.13. The zero-order valence-corrected chi connectivity index (χ0v) is 7.32. The van der Waals surface area contributed by atoms with E-state index >= 15 is 0 Å². The minimum atomic E-state index is 0.319. The molecule has 4 heteroatoms. The van der Waals surface area contributed by atoms with Crippen LogP contribution in [0, 0.1) is 4.91 Å². The first-order valence-electron chi connectivity index (χ1n) is 3.69. The van der Waals surface area contributed by atoms with Gasteiger partial charge in [-0.1, -0.05) is 11.6 Å². The maximum atomic E-state index is 10.4. The molecule has 3 nitrogen and oxygen atoms in total. The molecule has 64 valence electrons. The second kappa shape index (κ2) is 3.11. The van der Waals surface area contributed by atoms with Gasteiger partial charge in [-0.2, -0.15) is 0 Å². The molecule has 0 radical (unpaired) electrons. The predicted octanol–water partition coefficient (Wildman–Crippen LogP) is 3.29. The molecule has 0 unspecified atom stereocenters. The van der Waals surface area contributed by atoms with Crippen molar-refractivity contribution in [3.05, 3.63) is 40.4 Å². The Labute approximate surface area is 79.3 Å². The Kier molecular flexibility index (Phi) is 1.94. The number of rotatable bonds is 1. The maximum absolute atomic E-state index is 10.4. The fourth-order valence-electron chi connectivity index (χ4n) is 1.20. The summed E-state index contributed by atoms with van der Waals surface area (Å²) >= 11 is 5.90. The number of nitrogens with zero attached hydrogens (tertiary/aromatic N) is 2. The fraction of sp³-hybridized carbons (Fsp3) is 0. The average molecular weight is 193 g/mol. The number of nitroso groups, excluding NO2 is 1. The molecular weight excluding hydrogens is 188 g/mol. The van der Waals surface area contributed by atoms with Crippen LogP contribution in [0.25, 0.3) is 10.9 Å². The van der Waals surface area contributed by atoms with Gasteiger partial charge in [-0.3, -0.25) is 4.98 Å². The number of benzene rings is 1. The number of aromatic nitrogens is 1. The van der Waals surface area contributed by atoms with E-state index < -0.39 is 0 Å². The van der Waals surface area contributed by atoms with Crippen LogP contribution < -0.4 is 0 Å². The lowest BCUT2D eigenvalue weighted by atomic mass is 10.2. The van der Waals surface area contributed by atoms with Gasteiger partial charge in [0.1, 0.15) is 11.2 Å². The highest BCUT2D eigenvalue weighted by atomic mass is 35.5. The third kappa shape index (κ3) is 1.27. The summed E-state index contributed by atoms with van der Waals surface area (Å²) in [6.45, 7) is 0. The normalized spacial score (nSPS) is 10.2. The summed E-state index contributed by atoms with van der Waals surface area (Å²) < 4.78 is 0. The smallest absolute Gasteiger partial charge is 0.134 e. The molecule has 0 aliphatic rings. The van der Waals surface area contributed by atoms with Gasteiger partial charge in [-0.15, -0.1) is 4.91 Å². The summed E-state index contributed by atoms with van der Waals surface area (Å²) in [5, 5.41) is 4.20. The van der Waals surface area contributed by atoms with Crippen LogP contribution in [-0.4, -0.2) is 4.98 Å². The Morgan fingerprint density at radius 2 is 2.15 bits per heavy atom. The molecule has 0 saturated carbocycles. The largest absolute Gasteiger partial charge is 0.254 e. The highest BCUT2D eigenvalue weighted by Crippen LogP contribution is 2.29. The van der Waals surface area contributed by atoms with Crippen molar-refractivity contribution in [1.82, 2.24) is 4.98 Å². The molecule has 0 aliphatic carbocycles. The number of pyridine rings is 1. The molecule has 0 spiro atoms.